The first-order chi connectivity index (χ1) is 11.0. The maximum absolute atomic E-state index is 13.5. The molecule has 0 aliphatic carbocycles. The third-order valence-corrected chi connectivity index (χ3v) is 3.55. The molecule has 0 saturated carbocycles. The molecule has 6 nitrogen and oxygen atoms in total. The SMILES string of the molecule is Cc1nc2nc(CCNC(=O)c3ccccc3F)cn2nc1C. The van der Waals surface area contributed by atoms with Crippen molar-refractivity contribution in [1.29, 1.82) is 0 Å². The fourth-order valence-electron chi connectivity index (χ4n) is 2.19. The predicted octanol–water partition coefficient (Wildman–Crippen LogP) is 1.85. The average molecular weight is 313 g/mol. The van der Waals surface area contributed by atoms with E-state index in [-0.39, 0.29) is 5.56 Å². The molecule has 7 heteroatoms. The van der Waals surface area contributed by atoms with Gasteiger partial charge in [-0.1, -0.05) is 12.1 Å². The zero-order valence-electron chi connectivity index (χ0n) is 12.9. The van der Waals surface area contributed by atoms with Crippen LogP contribution in [0.2, 0.25) is 0 Å². The van der Waals surface area contributed by atoms with Crippen LogP contribution in [0.25, 0.3) is 5.78 Å². The third-order valence-electron chi connectivity index (χ3n) is 3.55. The maximum Gasteiger partial charge on any atom is 0.254 e. The van der Waals surface area contributed by atoms with Crippen LogP contribution in [0.15, 0.2) is 30.5 Å². The molecule has 0 unspecified atom stereocenters. The van der Waals surface area contributed by atoms with Crippen molar-refractivity contribution in [3.63, 3.8) is 0 Å². The molecular weight excluding hydrogens is 297 g/mol. The number of rotatable bonds is 4. The number of halogens is 1. The minimum absolute atomic E-state index is 0.0390. The summed E-state index contributed by atoms with van der Waals surface area (Å²) in [5, 5.41) is 7.04. The molecule has 23 heavy (non-hydrogen) atoms. The lowest BCUT2D eigenvalue weighted by molar-refractivity contribution is 0.0950. The van der Waals surface area contributed by atoms with E-state index in [1.54, 1.807) is 22.8 Å². The number of fused-ring (bicyclic) bond motifs is 1. The van der Waals surface area contributed by atoms with E-state index in [1.807, 2.05) is 13.8 Å². The van der Waals surface area contributed by atoms with Crippen LogP contribution in [0.3, 0.4) is 0 Å². The highest BCUT2D eigenvalue weighted by molar-refractivity contribution is 5.94. The van der Waals surface area contributed by atoms with Crippen molar-refractivity contribution in [3.8, 4) is 0 Å². The molecule has 0 fully saturated rings. The number of hydrogen-bond acceptors (Lipinski definition) is 4. The van der Waals surface area contributed by atoms with Gasteiger partial charge in [-0.2, -0.15) is 5.10 Å². The molecule has 0 bridgehead atoms. The van der Waals surface area contributed by atoms with Gasteiger partial charge in [0.15, 0.2) is 0 Å². The number of carbonyl (C=O) groups is 1. The maximum atomic E-state index is 13.5. The van der Waals surface area contributed by atoms with Crippen molar-refractivity contribution in [2.24, 2.45) is 0 Å². The Morgan fingerprint density at radius 2 is 2.00 bits per heavy atom. The van der Waals surface area contributed by atoms with E-state index in [1.165, 1.54) is 12.1 Å². The standard InChI is InChI=1S/C16H16FN5O/c1-10-11(2)21-22-9-12(20-16(22)19-10)7-8-18-15(23)13-5-3-4-6-14(13)17/h3-6,9H,7-8H2,1-2H3,(H,18,23). The highest BCUT2D eigenvalue weighted by Gasteiger charge is 2.11. The second kappa shape index (κ2) is 6.12. The molecule has 2 heterocycles. The Morgan fingerprint density at radius 1 is 1.22 bits per heavy atom. The molecule has 1 N–H and O–H groups in total. The van der Waals surface area contributed by atoms with Crippen LogP contribution in [-0.2, 0) is 6.42 Å². The molecule has 0 aliphatic rings. The van der Waals surface area contributed by atoms with Crippen LogP contribution in [0, 0.1) is 19.7 Å². The van der Waals surface area contributed by atoms with Crippen LogP contribution >= 0.6 is 0 Å². The van der Waals surface area contributed by atoms with E-state index in [2.05, 4.69) is 20.4 Å². The van der Waals surface area contributed by atoms with Crippen molar-refractivity contribution >= 4 is 11.7 Å². The largest absolute Gasteiger partial charge is 0.352 e. The second-order valence-corrected chi connectivity index (χ2v) is 5.25. The Kier molecular flexibility index (Phi) is 4.01. The molecule has 3 aromatic rings. The Balaban J connectivity index is 1.65. The quantitative estimate of drug-likeness (QED) is 0.798. The first kappa shape index (κ1) is 15.1. The molecule has 0 atom stereocenters. The topological polar surface area (TPSA) is 72.2 Å². The van der Waals surface area contributed by atoms with E-state index in [4.69, 9.17) is 0 Å². The van der Waals surface area contributed by atoms with E-state index in [9.17, 15) is 9.18 Å². The summed E-state index contributed by atoms with van der Waals surface area (Å²) in [6.45, 7) is 4.12. The lowest BCUT2D eigenvalue weighted by atomic mass is 10.2. The number of hydrogen-bond donors (Lipinski definition) is 1. The zero-order chi connectivity index (χ0) is 16.4. The lowest BCUT2D eigenvalue weighted by Gasteiger charge is -2.04. The van der Waals surface area contributed by atoms with Crippen molar-refractivity contribution in [1.82, 2.24) is 24.9 Å². The van der Waals surface area contributed by atoms with E-state index in [0.29, 0.717) is 18.7 Å². The summed E-state index contributed by atoms with van der Waals surface area (Å²) in [6, 6.07) is 5.89. The van der Waals surface area contributed by atoms with Crippen LogP contribution in [0.5, 0.6) is 0 Å². The highest BCUT2D eigenvalue weighted by Crippen LogP contribution is 2.07. The summed E-state index contributed by atoms with van der Waals surface area (Å²) < 4.78 is 15.1. The van der Waals surface area contributed by atoms with E-state index >= 15 is 0 Å². The van der Waals surface area contributed by atoms with Crippen LogP contribution in [0.4, 0.5) is 4.39 Å². The molecule has 1 amide bonds. The van der Waals surface area contributed by atoms with Crippen molar-refractivity contribution < 1.29 is 9.18 Å². The number of carbonyl (C=O) groups excluding carboxylic acids is 1. The van der Waals surface area contributed by atoms with Gasteiger partial charge in [0, 0.05) is 13.0 Å². The van der Waals surface area contributed by atoms with Crippen molar-refractivity contribution in [3.05, 3.63) is 58.9 Å². The fraction of sp³-hybridized carbons (Fsp3) is 0.250. The molecular formula is C16H16FN5O. The van der Waals surface area contributed by atoms with Crippen LogP contribution < -0.4 is 5.32 Å². The average Bonchev–Trinajstić information content (AvgIpc) is 2.89. The van der Waals surface area contributed by atoms with Gasteiger partial charge in [0.25, 0.3) is 11.7 Å². The number of imidazole rings is 1. The predicted molar refractivity (Wildman–Crippen MR) is 82.7 cm³/mol. The molecule has 0 radical (unpaired) electrons. The summed E-state index contributed by atoms with van der Waals surface area (Å²) in [7, 11) is 0. The Labute approximate surface area is 132 Å². The number of amides is 1. The second-order valence-electron chi connectivity index (χ2n) is 5.25. The van der Waals surface area contributed by atoms with Gasteiger partial charge in [0.2, 0.25) is 0 Å². The Hall–Kier alpha value is -2.83. The Bertz CT molecular complexity index is 835. The van der Waals surface area contributed by atoms with Gasteiger partial charge in [-0.3, -0.25) is 4.79 Å². The van der Waals surface area contributed by atoms with E-state index < -0.39 is 11.7 Å². The lowest BCUT2D eigenvalue weighted by Crippen LogP contribution is -2.26. The summed E-state index contributed by atoms with van der Waals surface area (Å²) in [4.78, 5) is 20.6. The zero-order valence-corrected chi connectivity index (χ0v) is 12.9. The van der Waals surface area contributed by atoms with Gasteiger partial charge < -0.3 is 5.32 Å². The van der Waals surface area contributed by atoms with Gasteiger partial charge in [-0.05, 0) is 26.0 Å². The van der Waals surface area contributed by atoms with Gasteiger partial charge in [0.1, 0.15) is 5.82 Å². The number of nitrogens with zero attached hydrogens (tertiary/aromatic N) is 4. The van der Waals surface area contributed by atoms with Gasteiger partial charge in [-0.25, -0.2) is 18.9 Å². The first-order valence-corrected chi connectivity index (χ1v) is 7.27. The van der Waals surface area contributed by atoms with Crippen LogP contribution in [-0.4, -0.2) is 32.0 Å². The molecule has 1 aromatic carbocycles. The van der Waals surface area contributed by atoms with Crippen molar-refractivity contribution in [2.45, 2.75) is 20.3 Å². The molecule has 0 spiro atoms. The number of aryl methyl sites for hydroxylation is 2. The summed E-state index contributed by atoms with van der Waals surface area (Å²) >= 11 is 0. The van der Waals surface area contributed by atoms with Gasteiger partial charge in [-0.15, -0.1) is 0 Å². The summed E-state index contributed by atoms with van der Waals surface area (Å²) in [5.41, 5.74) is 2.48. The van der Waals surface area contributed by atoms with Crippen LogP contribution in [0.1, 0.15) is 27.4 Å². The molecule has 3 rings (SSSR count). The number of nitrogens with one attached hydrogen (secondary N) is 1. The summed E-state index contributed by atoms with van der Waals surface area (Å²) in [5.74, 6) is -0.435. The minimum Gasteiger partial charge on any atom is -0.352 e. The third kappa shape index (κ3) is 3.18. The van der Waals surface area contributed by atoms with Gasteiger partial charge >= 0.3 is 0 Å². The molecule has 0 saturated heterocycles. The van der Waals surface area contributed by atoms with Gasteiger partial charge in [0.05, 0.1) is 28.8 Å². The first-order valence-electron chi connectivity index (χ1n) is 7.27. The van der Waals surface area contributed by atoms with E-state index in [0.717, 1.165) is 17.1 Å². The number of benzene rings is 1. The number of aromatic nitrogens is 4. The fourth-order valence-corrected chi connectivity index (χ4v) is 2.19. The molecule has 0 aliphatic heterocycles. The highest BCUT2D eigenvalue weighted by atomic mass is 19.1. The Morgan fingerprint density at radius 3 is 2.78 bits per heavy atom. The molecule has 118 valence electrons. The molecule has 2 aromatic heterocycles. The summed E-state index contributed by atoms with van der Waals surface area (Å²) in [6.07, 6.45) is 2.30. The van der Waals surface area contributed by atoms with Crippen molar-refractivity contribution in [2.75, 3.05) is 6.54 Å². The monoisotopic (exact) mass is 313 g/mol. The minimum atomic E-state index is -0.530. The normalized spacial score (nSPS) is 10.9. The smallest absolute Gasteiger partial charge is 0.254 e.